The van der Waals surface area contributed by atoms with Gasteiger partial charge in [-0.15, -0.1) is 0 Å². The van der Waals surface area contributed by atoms with Crippen molar-refractivity contribution in [2.24, 2.45) is 0 Å². The second-order valence-corrected chi connectivity index (χ2v) is 11.2. The highest BCUT2D eigenvalue weighted by Gasteiger charge is 2.24. The van der Waals surface area contributed by atoms with E-state index in [-0.39, 0.29) is 36.7 Å². The number of carbonyl (C=O) groups is 2. The fraction of sp³-hybridized carbons (Fsp3) is 0.806. The quantitative estimate of drug-likeness (QED) is 0.0711. The number of aliphatic hydroxyl groups is 1. The lowest BCUT2D eigenvalue weighted by atomic mass is 10.1. The summed E-state index contributed by atoms with van der Waals surface area (Å²) in [6, 6.07) is -0.686. The molecule has 0 aliphatic rings. The molecule has 2 atom stereocenters. The molecule has 0 amide bonds. The number of aliphatic hydroxyl groups excluding tert-OH is 1. The third-order valence-corrected chi connectivity index (χ3v) is 6.57. The summed E-state index contributed by atoms with van der Waals surface area (Å²) in [7, 11) is 5.35. The summed E-state index contributed by atoms with van der Waals surface area (Å²) < 4.78 is 10.7. The molecule has 1 N–H and O–H groups in total. The summed E-state index contributed by atoms with van der Waals surface area (Å²) in [5.41, 5.74) is 0. The molecular weight excluding hydrogens is 482 g/mol. The number of carboxylic acids is 1. The second-order valence-electron chi connectivity index (χ2n) is 11.2. The lowest BCUT2D eigenvalue weighted by molar-refractivity contribution is -0.889. The van der Waals surface area contributed by atoms with Gasteiger partial charge in [-0.25, -0.2) is 0 Å². The first-order chi connectivity index (χ1) is 18.2. The van der Waals surface area contributed by atoms with Gasteiger partial charge in [0.1, 0.15) is 18.8 Å². The van der Waals surface area contributed by atoms with Gasteiger partial charge in [0.25, 0.3) is 0 Å². The normalized spacial score (nSPS) is 13.8. The van der Waals surface area contributed by atoms with Gasteiger partial charge in [-0.2, -0.15) is 0 Å². The maximum Gasteiger partial charge on any atom is 0.305 e. The third-order valence-electron chi connectivity index (χ3n) is 6.57. The van der Waals surface area contributed by atoms with Crippen LogP contribution in [0.5, 0.6) is 0 Å². The number of esters is 1. The lowest BCUT2D eigenvalue weighted by Gasteiger charge is -2.34. The monoisotopic (exact) mass is 539 g/mol. The highest BCUT2D eigenvalue weighted by atomic mass is 16.5. The SMILES string of the molecule is CCCCCC/C=C\C/C=C\CCCCCCCCCC(=O)OCC(O)COCCC(C(=O)[O-])[N+](C)(C)C. The van der Waals surface area contributed by atoms with Crippen LogP contribution < -0.4 is 5.11 Å². The molecule has 0 aromatic carbocycles. The lowest BCUT2D eigenvalue weighted by Crippen LogP contribution is -2.55. The molecule has 0 rings (SSSR count). The van der Waals surface area contributed by atoms with E-state index in [1.54, 1.807) is 21.1 Å². The number of hydrogen-bond acceptors (Lipinski definition) is 6. The molecule has 0 radical (unpaired) electrons. The molecule has 7 nitrogen and oxygen atoms in total. The number of quaternary nitrogens is 1. The van der Waals surface area contributed by atoms with Gasteiger partial charge in [-0.1, -0.05) is 82.6 Å². The van der Waals surface area contributed by atoms with Gasteiger partial charge in [0.15, 0.2) is 0 Å². The van der Waals surface area contributed by atoms with Crippen LogP contribution in [0.25, 0.3) is 0 Å². The molecular formula is C31H57NO6. The van der Waals surface area contributed by atoms with E-state index in [0.717, 1.165) is 32.1 Å². The number of carbonyl (C=O) groups excluding carboxylic acids is 2. The van der Waals surface area contributed by atoms with Crippen molar-refractivity contribution in [3.8, 4) is 0 Å². The van der Waals surface area contributed by atoms with Crippen LogP contribution in [0, 0.1) is 0 Å². The summed E-state index contributed by atoms with van der Waals surface area (Å²) in [6.45, 7) is 2.32. The number of hydrogen-bond donors (Lipinski definition) is 1. The Morgan fingerprint density at radius 3 is 1.92 bits per heavy atom. The van der Waals surface area contributed by atoms with Crippen LogP contribution in [0.15, 0.2) is 24.3 Å². The number of allylic oxidation sites excluding steroid dienone is 4. The minimum absolute atomic E-state index is 0.00375. The Kier molecular flexibility index (Phi) is 23.3. The number of ether oxygens (including phenoxy) is 2. The fourth-order valence-corrected chi connectivity index (χ4v) is 4.16. The molecule has 38 heavy (non-hydrogen) atoms. The van der Waals surface area contributed by atoms with Gasteiger partial charge in [0.05, 0.1) is 40.3 Å². The van der Waals surface area contributed by atoms with Crippen LogP contribution in [0.3, 0.4) is 0 Å². The van der Waals surface area contributed by atoms with Gasteiger partial charge in [0.2, 0.25) is 0 Å². The molecule has 2 unspecified atom stereocenters. The highest BCUT2D eigenvalue weighted by Crippen LogP contribution is 2.11. The Bertz CT molecular complexity index is 641. The summed E-state index contributed by atoms with van der Waals surface area (Å²) in [4.78, 5) is 23.1. The summed E-state index contributed by atoms with van der Waals surface area (Å²) in [6.07, 6.45) is 25.5. The standard InChI is InChI=1S/C31H57NO6/c1-5-6-7-8-9-10-11-12-13-14-15-16-17-18-19-20-21-22-23-30(34)38-27-28(33)26-37-25-24-29(31(35)36)32(2,3)4/h10-11,13-14,28-29,33H,5-9,12,15-27H2,1-4H3/b11-10-,14-13-. The molecule has 0 aromatic rings. The number of aliphatic carboxylic acids is 1. The van der Waals surface area contributed by atoms with E-state index in [4.69, 9.17) is 9.47 Å². The molecule has 222 valence electrons. The first-order valence-electron chi connectivity index (χ1n) is 14.9. The number of nitrogens with zero attached hydrogens (tertiary/aromatic N) is 1. The van der Waals surface area contributed by atoms with E-state index >= 15 is 0 Å². The second kappa shape index (κ2) is 24.3. The minimum Gasteiger partial charge on any atom is -0.544 e. The number of unbranched alkanes of at least 4 members (excludes halogenated alkanes) is 11. The molecule has 0 heterocycles. The third kappa shape index (κ3) is 23.4. The Morgan fingerprint density at radius 2 is 1.37 bits per heavy atom. The van der Waals surface area contributed by atoms with Crippen LogP contribution >= 0.6 is 0 Å². The highest BCUT2D eigenvalue weighted by molar-refractivity contribution is 5.69. The van der Waals surface area contributed by atoms with Crippen LogP contribution in [-0.4, -0.2) is 74.6 Å². The zero-order chi connectivity index (χ0) is 28.5. The maximum atomic E-state index is 11.9. The molecule has 0 saturated carbocycles. The number of rotatable bonds is 26. The molecule has 0 saturated heterocycles. The van der Waals surface area contributed by atoms with Crippen molar-refractivity contribution in [1.29, 1.82) is 0 Å². The molecule has 0 aliphatic heterocycles. The van der Waals surface area contributed by atoms with Gasteiger partial charge < -0.3 is 29.0 Å². The first kappa shape index (κ1) is 36.3. The molecule has 0 fully saturated rings. The molecule has 0 aliphatic carbocycles. The van der Waals surface area contributed by atoms with E-state index in [1.807, 2.05) is 0 Å². The van der Waals surface area contributed by atoms with Crippen molar-refractivity contribution in [3.05, 3.63) is 24.3 Å². The first-order valence-corrected chi connectivity index (χ1v) is 14.9. The molecule has 7 heteroatoms. The zero-order valence-electron chi connectivity index (χ0n) is 24.8. The maximum absolute atomic E-state index is 11.9. The van der Waals surface area contributed by atoms with E-state index in [0.29, 0.717) is 6.42 Å². The van der Waals surface area contributed by atoms with Gasteiger partial charge in [-0.05, 0) is 38.5 Å². The van der Waals surface area contributed by atoms with Crippen molar-refractivity contribution in [2.75, 3.05) is 41.0 Å². The van der Waals surface area contributed by atoms with Crippen LogP contribution in [0.2, 0.25) is 0 Å². The Morgan fingerprint density at radius 1 is 0.816 bits per heavy atom. The average molecular weight is 540 g/mol. The number of carboxylic acid groups (broad SMARTS) is 1. The van der Waals surface area contributed by atoms with E-state index in [1.165, 1.54) is 57.8 Å². The van der Waals surface area contributed by atoms with E-state index in [9.17, 15) is 19.8 Å². The van der Waals surface area contributed by atoms with Gasteiger partial charge in [-0.3, -0.25) is 4.79 Å². The van der Waals surface area contributed by atoms with E-state index in [2.05, 4.69) is 31.2 Å². The number of likely N-dealkylation sites (N-methyl/N-ethyl adjacent to an activating group) is 1. The van der Waals surface area contributed by atoms with Crippen LogP contribution in [-0.2, 0) is 19.1 Å². The predicted octanol–water partition coefficient (Wildman–Crippen LogP) is 5.11. The van der Waals surface area contributed by atoms with E-state index < -0.39 is 18.1 Å². The van der Waals surface area contributed by atoms with Gasteiger partial charge >= 0.3 is 5.97 Å². The average Bonchev–Trinajstić information content (AvgIpc) is 2.85. The fourth-order valence-electron chi connectivity index (χ4n) is 4.16. The van der Waals surface area contributed by atoms with Crippen molar-refractivity contribution < 1.29 is 33.8 Å². The minimum atomic E-state index is -1.12. The van der Waals surface area contributed by atoms with Crippen molar-refractivity contribution in [1.82, 2.24) is 0 Å². The molecule has 0 bridgehead atoms. The predicted molar refractivity (Wildman–Crippen MR) is 152 cm³/mol. The van der Waals surface area contributed by atoms with Crippen LogP contribution in [0.1, 0.15) is 110 Å². The zero-order valence-corrected chi connectivity index (χ0v) is 24.8. The van der Waals surface area contributed by atoms with Crippen molar-refractivity contribution >= 4 is 11.9 Å². The van der Waals surface area contributed by atoms with Crippen molar-refractivity contribution in [3.63, 3.8) is 0 Å². The Balaban J connectivity index is 3.55. The largest absolute Gasteiger partial charge is 0.544 e. The summed E-state index contributed by atoms with van der Waals surface area (Å²) in [5, 5.41) is 21.1. The summed E-state index contributed by atoms with van der Waals surface area (Å²) >= 11 is 0. The Labute approximate surface area is 232 Å². The smallest absolute Gasteiger partial charge is 0.305 e. The molecule has 0 spiro atoms. The summed E-state index contributed by atoms with van der Waals surface area (Å²) in [5.74, 6) is -1.42. The topological polar surface area (TPSA) is 95.9 Å². The van der Waals surface area contributed by atoms with Crippen LogP contribution in [0.4, 0.5) is 0 Å². The molecule has 0 aromatic heterocycles. The Hall–Kier alpha value is -1.70. The van der Waals surface area contributed by atoms with Crippen molar-refractivity contribution in [2.45, 2.75) is 122 Å². The van der Waals surface area contributed by atoms with Gasteiger partial charge in [0, 0.05) is 12.8 Å².